The molecule has 0 saturated carbocycles. The summed E-state index contributed by atoms with van der Waals surface area (Å²) in [5.41, 5.74) is 7.08. The Bertz CT molecular complexity index is 435. The van der Waals surface area contributed by atoms with Crippen molar-refractivity contribution in [1.82, 2.24) is 0 Å². The molecule has 0 aliphatic rings. The van der Waals surface area contributed by atoms with Crippen molar-refractivity contribution in [1.29, 1.82) is 0 Å². The molecular weight excluding hydrogens is 202 g/mol. The number of carbonyl (C=O) groups excluding carboxylic acids is 1. The van der Waals surface area contributed by atoms with Crippen molar-refractivity contribution in [2.45, 2.75) is 6.92 Å². The lowest BCUT2D eigenvalue weighted by Crippen LogP contribution is -1.98. The molecule has 0 heterocycles. The van der Waals surface area contributed by atoms with Crippen LogP contribution in [0.4, 0.5) is 5.69 Å². The first-order chi connectivity index (χ1) is 7.72. The average molecular weight is 215 g/mol. The second-order valence-electron chi connectivity index (χ2n) is 2.98. The molecule has 0 amide bonds. The minimum absolute atomic E-state index is 0.370. The topological polar surface area (TPSA) is 52.3 Å². The summed E-state index contributed by atoms with van der Waals surface area (Å²) >= 11 is 0. The number of nitrogen functional groups attached to an aromatic ring is 1. The highest BCUT2D eigenvalue weighted by molar-refractivity contribution is 5.82. The second kappa shape index (κ2) is 6.31. The fourth-order valence-electron chi connectivity index (χ4n) is 0.992. The van der Waals surface area contributed by atoms with Crippen LogP contribution in [0.15, 0.2) is 36.4 Å². The standard InChI is InChI=1S/C13H13NO2/c1-2-16-13(15)6-4-3-5-11-7-9-12(14)10-8-11/h4,6-10H,2,14H2,1H3. The van der Waals surface area contributed by atoms with Gasteiger partial charge in [-0.2, -0.15) is 0 Å². The molecule has 3 nitrogen and oxygen atoms in total. The summed E-state index contributed by atoms with van der Waals surface area (Å²) < 4.78 is 4.70. The Kier molecular flexibility index (Phi) is 4.68. The minimum Gasteiger partial charge on any atom is -0.463 e. The van der Waals surface area contributed by atoms with Gasteiger partial charge in [0.05, 0.1) is 6.61 Å². The summed E-state index contributed by atoms with van der Waals surface area (Å²) in [5.74, 6) is 5.23. The molecule has 82 valence electrons. The molecule has 3 heteroatoms. The molecule has 0 aliphatic carbocycles. The van der Waals surface area contributed by atoms with Crippen LogP contribution in [0.5, 0.6) is 0 Å². The summed E-state index contributed by atoms with van der Waals surface area (Å²) in [7, 11) is 0. The number of rotatable bonds is 2. The molecule has 0 aliphatic heterocycles. The van der Waals surface area contributed by atoms with E-state index in [2.05, 4.69) is 11.8 Å². The highest BCUT2D eigenvalue weighted by Crippen LogP contribution is 2.03. The zero-order valence-electron chi connectivity index (χ0n) is 9.07. The van der Waals surface area contributed by atoms with Crippen LogP contribution in [-0.2, 0) is 9.53 Å². The molecule has 1 aromatic rings. The van der Waals surface area contributed by atoms with Gasteiger partial charge in [0, 0.05) is 17.3 Å². The monoisotopic (exact) mass is 215 g/mol. The third-order valence-electron chi connectivity index (χ3n) is 1.72. The zero-order valence-corrected chi connectivity index (χ0v) is 9.07. The molecule has 0 spiro atoms. The highest BCUT2D eigenvalue weighted by atomic mass is 16.5. The zero-order chi connectivity index (χ0) is 11.8. The number of anilines is 1. The first kappa shape index (κ1) is 11.9. The van der Waals surface area contributed by atoms with Crippen LogP contribution in [-0.4, -0.2) is 12.6 Å². The summed E-state index contributed by atoms with van der Waals surface area (Å²) in [6, 6.07) is 7.19. The van der Waals surface area contributed by atoms with Gasteiger partial charge >= 0.3 is 5.97 Å². The number of carbonyl (C=O) groups is 1. The average Bonchev–Trinajstić information content (AvgIpc) is 2.27. The van der Waals surface area contributed by atoms with Crippen LogP contribution in [0.25, 0.3) is 0 Å². The van der Waals surface area contributed by atoms with Crippen LogP contribution in [0.2, 0.25) is 0 Å². The van der Waals surface area contributed by atoms with E-state index in [1.54, 1.807) is 19.1 Å². The number of nitrogens with two attached hydrogens (primary N) is 1. The van der Waals surface area contributed by atoms with Gasteiger partial charge in [0.25, 0.3) is 0 Å². The predicted molar refractivity (Wildman–Crippen MR) is 63.5 cm³/mol. The van der Waals surface area contributed by atoms with E-state index in [1.807, 2.05) is 12.1 Å². The van der Waals surface area contributed by atoms with Gasteiger partial charge in [-0.15, -0.1) is 0 Å². The molecule has 1 rings (SSSR count). The van der Waals surface area contributed by atoms with E-state index in [0.717, 1.165) is 5.56 Å². The van der Waals surface area contributed by atoms with Crippen LogP contribution in [0, 0.1) is 11.8 Å². The van der Waals surface area contributed by atoms with Gasteiger partial charge in [-0.25, -0.2) is 4.79 Å². The Morgan fingerprint density at radius 1 is 1.44 bits per heavy atom. The quantitative estimate of drug-likeness (QED) is 0.354. The lowest BCUT2D eigenvalue weighted by Gasteiger charge is -1.92. The number of ether oxygens (including phenoxy) is 1. The van der Waals surface area contributed by atoms with E-state index in [0.29, 0.717) is 12.3 Å². The normalized spacial score (nSPS) is 9.56. The van der Waals surface area contributed by atoms with Crippen molar-refractivity contribution in [3.8, 4) is 11.8 Å². The number of esters is 1. The number of allylic oxidation sites excluding steroid dienone is 1. The molecule has 1 aromatic carbocycles. The first-order valence-corrected chi connectivity index (χ1v) is 4.92. The van der Waals surface area contributed by atoms with E-state index in [9.17, 15) is 4.79 Å². The molecular formula is C13H13NO2. The first-order valence-electron chi connectivity index (χ1n) is 4.92. The third kappa shape index (κ3) is 4.34. The van der Waals surface area contributed by atoms with Crippen LogP contribution in [0.3, 0.4) is 0 Å². The maximum atomic E-state index is 10.9. The van der Waals surface area contributed by atoms with E-state index >= 15 is 0 Å². The maximum absolute atomic E-state index is 10.9. The van der Waals surface area contributed by atoms with Gasteiger partial charge in [-0.3, -0.25) is 0 Å². The van der Waals surface area contributed by atoms with Crippen molar-refractivity contribution < 1.29 is 9.53 Å². The Balaban J connectivity index is 2.55. The molecule has 2 N–H and O–H groups in total. The van der Waals surface area contributed by atoms with Gasteiger partial charge in [-0.1, -0.05) is 11.8 Å². The van der Waals surface area contributed by atoms with E-state index < -0.39 is 0 Å². The molecule has 0 aromatic heterocycles. The largest absolute Gasteiger partial charge is 0.463 e. The summed E-state index contributed by atoms with van der Waals surface area (Å²) in [4.78, 5) is 10.9. The second-order valence-corrected chi connectivity index (χ2v) is 2.98. The summed E-state index contributed by atoms with van der Waals surface area (Å²) in [6.45, 7) is 2.13. The fraction of sp³-hybridized carbons (Fsp3) is 0.154. The smallest absolute Gasteiger partial charge is 0.331 e. The lowest BCUT2D eigenvalue weighted by atomic mass is 10.2. The van der Waals surface area contributed by atoms with Gasteiger partial charge in [0.2, 0.25) is 0 Å². The van der Waals surface area contributed by atoms with E-state index in [-0.39, 0.29) is 5.97 Å². The highest BCUT2D eigenvalue weighted by Gasteiger charge is 1.90. The SMILES string of the molecule is CCOC(=O)C=CC#Cc1ccc(N)cc1. The summed E-state index contributed by atoms with van der Waals surface area (Å²) in [6.07, 6.45) is 2.77. The Labute approximate surface area is 94.9 Å². The van der Waals surface area contributed by atoms with Crippen molar-refractivity contribution in [2.24, 2.45) is 0 Å². The predicted octanol–water partition coefficient (Wildman–Crippen LogP) is 1.74. The minimum atomic E-state index is -0.380. The van der Waals surface area contributed by atoms with Crippen LogP contribution >= 0.6 is 0 Å². The Morgan fingerprint density at radius 3 is 2.75 bits per heavy atom. The number of hydrogen-bond acceptors (Lipinski definition) is 3. The molecule has 0 fully saturated rings. The van der Waals surface area contributed by atoms with Crippen molar-refractivity contribution in [3.63, 3.8) is 0 Å². The molecule has 0 bridgehead atoms. The lowest BCUT2D eigenvalue weighted by molar-refractivity contribution is -0.137. The number of benzene rings is 1. The molecule has 0 radical (unpaired) electrons. The van der Waals surface area contributed by atoms with E-state index in [4.69, 9.17) is 10.5 Å². The van der Waals surface area contributed by atoms with Crippen molar-refractivity contribution >= 4 is 11.7 Å². The number of hydrogen-bond donors (Lipinski definition) is 1. The van der Waals surface area contributed by atoms with Gasteiger partial charge in [0.15, 0.2) is 0 Å². The fourth-order valence-corrected chi connectivity index (χ4v) is 0.992. The van der Waals surface area contributed by atoms with Gasteiger partial charge < -0.3 is 10.5 Å². The van der Waals surface area contributed by atoms with Gasteiger partial charge in [-0.05, 0) is 37.3 Å². The van der Waals surface area contributed by atoms with Crippen molar-refractivity contribution in [2.75, 3.05) is 12.3 Å². The van der Waals surface area contributed by atoms with Crippen LogP contribution in [0.1, 0.15) is 12.5 Å². The summed E-state index contributed by atoms with van der Waals surface area (Å²) in [5, 5.41) is 0. The van der Waals surface area contributed by atoms with Crippen molar-refractivity contribution in [3.05, 3.63) is 42.0 Å². The molecule has 0 unspecified atom stereocenters. The van der Waals surface area contributed by atoms with Crippen LogP contribution < -0.4 is 5.73 Å². The molecule has 0 atom stereocenters. The van der Waals surface area contributed by atoms with Gasteiger partial charge in [0.1, 0.15) is 0 Å². The molecule has 16 heavy (non-hydrogen) atoms. The maximum Gasteiger partial charge on any atom is 0.331 e. The Morgan fingerprint density at radius 2 is 2.12 bits per heavy atom. The van der Waals surface area contributed by atoms with E-state index in [1.165, 1.54) is 12.2 Å². The molecule has 0 saturated heterocycles. The third-order valence-corrected chi connectivity index (χ3v) is 1.72. The Hall–Kier alpha value is -2.21.